The minimum Gasteiger partial charge on any atom is -0.444 e. The highest BCUT2D eigenvalue weighted by Crippen LogP contribution is 2.32. The van der Waals surface area contributed by atoms with E-state index >= 15 is 0 Å². The molecule has 1 heterocycles. The Morgan fingerprint density at radius 2 is 2.15 bits per heavy atom. The summed E-state index contributed by atoms with van der Waals surface area (Å²) in [6.07, 6.45) is 0.717. The Balaban J connectivity index is 2.49. The molecule has 1 atom stereocenters. The van der Waals surface area contributed by atoms with Crippen LogP contribution in [0.2, 0.25) is 0 Å². The number of halogens is 1. The number of alkyl halides is 1. The van der Waals surface area contributed by atoms with Gasteiger partial charge in [-0.15, -0.1) is 0 Å². The smallest absolute Gasteiger partial charge is 0.339 e. The quantitative estimate of drug-likeness (QED) is 0.515. The average molecular weight is 241 g/mol. The Morgan fingerprint density at radius 3 is 2.92 bits per heavy atom. The zero-order chi connectivity index (χ0) is 9.47. The van der Waals surface area contributed by atoms with Crippen molar-refractivity contribution in [2.24, 2.45) is 0 Å². The lowest BCUT2D eigenvalue weighted by Crippen LogP contribution is -2.33. The fourth-order valence-electron chi connectivity index (χ4n) is 1.50. The standard InChI is InChI=1S/C10H9BrO2/c1-10(11)6-7-4-2-3-5-8(7)9(12)13-10/h2-5H,6H2,1H3. The molecule has 1 aromatic rings. The first-order valence-corrected chi connectivity index (χ1v) is 4.88. The Hall–Kier alpha value is -0.830. The van der Waals surface area contributed by atoms with Crippen molar-refractivity contribution in [3.8, 4) is 0 Å². The summed E-state index contributed by atoms with van der Waals surface area (Å²) in [6.45, 7) is 1.85. The van der Waals surface area contributed by atoms with Crippen molar-refractivity contribution in [3.63, 3.8) is 0 Å². The van der Waals surface area contributed by atoms with Gasteiger partial charge in [-0.3, -0.25) is 0 Å². The van der Waals surface area contributed by atoms with Crippen LogP contribution in [0.1, 0.15) is 22.8 Å². The molecule has 1 unspecified atom stereocenters. The van der Waals surface area contributed by atoms with E-state index in [9.17, 15) is 4.79 Å². The third kappa shape index (κ3) is 1.61. The molecule has 0 aromatic heterocycles. The van der Waals surface area contributed by atoms with Crippen LogP contribution in [0.25, 0.3) is 0 Å². The molecule has 0 bridgehead atoms. The van der Waals surface area contributed by atoms with E-state index in [0.717, 1.165) is 12.0 Å². The molecule has 1 aliphatic heterocycles. The summed E-state index contributed by atoms with van der Waals surface area (Å²) < 4.78 is 4.63. The van der Waals surface area contributed by atoms with E-state index in [0.29, 0.717) is 5.56 Å². The highest BCUT2D eigenvalue weighted by molar-refractivity contribution is 9.10. The maximum Gasteiger partial charge on any atom is 0.339 e. The predicted octanol–water partition coefficient (Wildman–Crippen LogP) is 2.51. The lowest BCUT2D eigenvalue weighted by molar-refractivity contribution is 0.0226. The molecule has 0 N–H and O–H groups in total. The van der Waals surface area contributed by atoms with Gasteiger partial charge in [0.1, 0.15) is 0 Å². The second-order valence-electron chi connectivity index (χ2n) is 3.33. The summed E-state index contributed by atoms with van der Waals surface area (Å²) in [4.78, 5) is 11.4. The van der Waals surface area contributed by atoms with Crippen LogP contribution < -0.4 is 0 Å². The maximum atomic E-state index is 11.4. The summed E-state index contributed by atoms with van der Waals surface area (Å²) in [6, 6.07) is 7.52. The third-order valence-corrected chi connectivity index (χ3v) is 2.49. The molecule has 13 heavy (non-hydrogen) atoms. The summed E-state index contributed by atoms with van der Waals surface area (Å²) >= 11 is 3.36. The van der Waals surface area contributed by atoms with E-state index in [1.54, 1.807) is 6.07 Å². The summed E-state index contributed by atoms with van der Waals surface area (Å²) in [5.74, 6) is -0.249. The molecule has 0 aliphatic carbocycles. The summed E-state index contributed by atoms with van der Waals surface area (Å²) in [5, 5.41) is 0. The Labute approximate surface area is 85.0 Å². The van der Waals surface area contributed by atoms with Gasteiger partial charge in [-0.25, -0.2) is 4.79 Å². The Kier molecular flexibility index (Phi) is 1.91. The molecule has 1 aromatic carbocycles. The number of carbonyl (C=O) groups is 1. The van der Waals surface area contributed by atoms with Crippen molar-refractivity contribution in [2.45, 2.75) is 17.9 Å². The van der Waals surface area contributed by atoms with Crippen LogP contribution in [-0.2, 0) is 11.2 Å². The van der Waals surface area contributed by atoms with Crippen LogP contribution in [-0.4, -0.2) is 10.5 Å². The minimum absolute atomic E-state index is 0.249. The number of fused-ring (bicyclic) bond motifs is 1. The van der Waals surface area contributed by atoms with E-state index in [2.05, 4.69) is 15.9 Å². The van der Waals surface area contributed by atoms with Gasteiger partial charge in [0.05, 0.1) is 5.56 Å². The Morgan fingerprint density at radius 1 is 1.46 bits per heavy atom. The monoisotopic (exact) mass is 240 g/mol. The normalized spacial score (nSPS) is 26.5. The van der Waals surface area contributed by atoms with Crippen LogP contribution in [0.5, 0.6) is 0 Å². The zero-order valence-corrected chi connectivity index (χ0v) is 8.80. The van der Waals surface area contributed by atoms with Gasteiger partial charge in [-0.05, 0) is 34.5 Å². The second-order valence-corrected chi connectivity index (χ2v) is 5.00. The number of hydrogen-bond acceptors (Lipinski definition) is 2. The summed E-state index contributed by atoms with van der Waals surface area (Å²) in [7, 11) is 0. The van der Waals surface area contributed by atoms with Crippen LogP contribution in [0, 0.1) is 0 Å². The first-order chi connectivity index (χ1) is 6.08. The first-order valence-electron chi connectivity index (χ1n) is 4.09. The van der Waals surface area contributed by atoms with Gasteiger partial charge < -0.3 is 4.74 Å². The number of esters is 1. The highest BCUT2D eigenvalue weighted by atomic mass is 79.9. The van der Waals surface area contributed by atoms with Gasteiger partial charge in [-0.2, -0.15) is 0 Å². The molecule has 0 saturated carbocycles. The Bertz CT molecular complexity index is 358. The fraction of sp³-hybridized carbons (Fsp3) is 0.300. The lowest BCUT2D eigenvalue weighted by atomic mass is 9.99. The maximum absolute atomic E-state index is 11.4. The van der Waals surface area contributed by atoms with Crippen LogP contribution in [0.4, 0.5) is 0 Å². The first kappa shape index (κ1) is 8.75. The molecular formula is C10H9BrO2. The molecule has 1 aliphatic rings. The molecule has 0 amide bonds. The number of benzene rings is 1. The number of ether oxygens (including phenoxy) is 1. The van der Waals surface area contributed by atoms with Crippen molar-refractivity contribution in [1.29, 1.82) is 0 Å². The zero-order valence-electron chi connectivity index (χ0n) is 7.21. The van der Waals surface area contributed by atoms with Crippen molar-refractivity contribution in [1.82, 2.24) is 0 Å². The fourth-order valence-corrected chi connectivity index (χ4v) is 1.95. The lowest BCUT2D eigenvalue weighted by Gasteiger charge is -2.28. The molecule has 3 heteroatoms. The number of carbonyl (C=O) groups excluding carboxylic acids is 1. The molecule has 68 valence electrons. The average Bonchev–Trinajstić information content (AvgIpc) is 2.02. The van der Waals surface area contributed by atoms with Gasteiger partial charge in [0.2, 0.25) is 0 Å². The van der Waals surface area contributed by atoms with Gasteiger partial charge in [-0.1, -0.05) is 18.2 Å². The van der Waals surface area contributed by atoms with Crippen molar-refractivity contribution in [3.05, 3.63) is 35.4 Å². The van der Waals surface area contributed by atoms with Gasteiger partial charge in [0, 0.05) is 6.42 Å². The minimum atomic E-state index is -0.543. The second kappa shape index (κ2) is 2.84. The molecule has 2 nitrogen and oxygen atoms in total. The summed E-state index contributed by atoms with van der Waals surface area (Å²) in [5.41, 5.74) is 1.72. The van der Waals surface area contributed by atoms with Crippen molar-refractivity contribution in [2.75, 3.05) is 0 Å². The van der Waals surface area contributed by atoms with E-state index in [4.69, 9.17) is 4.74 Å². The number of cyclic esters (lactones) is 1. The van der Waals surface area contributed by atoms with E-state index in [1.165, 1.54) is 0 Å². The molecule has 0 radical (unpaired) electrons. The van der Waals surface area contributed by atoms with Crippen LogP contribution >= 0.6 is 15.9 Å². The van der Waals surface area contributed by atoms with Gasteiger partial charge in [0.15, 0.2) is 4.51 Å². The van der Waals surface area contributed by atoms with Crippen LogP contribution in [0.15, 0.2) is 24.3 Å². The predicted molar refractivity (Wildman–Crippen MR) is 52.9 cm³/mol. The van der Waals surface area contributed by atoms with Gasteiger partial charge in [0.25, 0.3) is 0 Å². The highest BCUT2D eigenvalue weighted by Gasteiger charge is 2.33. The molecule has 0 spiro atoms. The SMILES string of the molecule is CC1(Br)Cc2ccccc2C(=O)O1. The van der Waals surface area contributed by atoms with Gasteiger partial charge >= 0.3 is 5.97 Å². The number of hydrogen-bond donors (Lipinski definition) is 0. The molecule has 2 rings (SSSR count). The largest absolute Gasteiger partial charge is 0.444 e. The molecule has 0 saturated heterocycles. The van der Waals surface area contributed by atoms with Crippen LogP contribution in [0.3, 0.4) is 0 Å². The molecular weight excluding hydrogens is 232 g/mol. The molecule has 0 fully saturated rings. The van der Waals surface area contributed by atoms with Crippen molar-refractivity contribution >= 4 is 21.9 Å². The number of rotatable bonds is 0. The van der Waals surface area contributed by atoms with E-state index in [1.807, 2.05) is 25.1 Å². The topological polar surface area (TPSA) is 26.3 Å². The van der Waals surface area contributed by atoms with Crippen molar-refractivity contribution < 1.29 is 9.53 Å². The van der Waals surface area contributed by atoms with E-state index in [-0.39, 0.29) is 5.97 Å². The van der Waals surface area contributed by atoms with E-state index < -0.39 is 4.51 Å². The third-order valence-electron chi connectivity index (χ3n) is 2.05.